The van der Waals surface area contributed by atoms with Crippen LogP contribution in [-0.4, -0.2) is 75.2 Å². The zero-order valence-electron chi connectivity index (χ0n) is 21.4. The molecule has 1 aromatic heterocycles. The number of amides is 3. The molecule has 0 spiro atoms. The molecule has 1 aliphatic carbocycles. The molecule has 13 heteroatoms. The lowest BCUT2D eigenvalue weighted by atomic mass is 10.0. The van der Waals surface area contributed by atoms with E-state index in [-0.39, 0.29) is 37.6 Å². The first kappa shape index (κ1) is 27.1. The summed E-state index contributed by atoms with van der Waals surface area (Å²) in [5.41, 5.74) is 2.24. The Kier molecular flexibility index (Phi) is 6.96. The molecule has 1 fully saturated rings. The Morgan fingerprint density at radius 3 is 2.45 bits per heavy atom. The summed E-state index contributed by atoms with van der Waals surface area (Å²) >= 11 is 0. The smallest absolute Gasteiger partial charge is 0.404 e. The van der Waals surface area contributed by atoms with Gasteiger partial charge in [0.05, 0.1) is 21.1 Å². The lowest BCUT2D eigenvalue weighted by Gasteiger charge is -2.35. The molecule has 1 aromatic carbocycles. The van der Waals surface area contributed by atoms with Crippen LogP contribution < -0.4 is 10.6 Å². The SMILES string of the molecule is Cn1nc(C(=O)NCc2ccc(C#N)cc2)c2c1C(=O)N(CC1(S(=O)(=O)C(C)(C)CNC(=O)O)CC1)CC2. The van der Waals surface area contributed by atoms with E-state index in [1.807, 2.05) is 6.07 Å². The summed E-state index contributed by atoms with van der Waals surface area (Å²) in [6.07, 6.45) is -0.188. The van der Waals surface area contributed by atoms with Gasteiger partial charge in [-0.25, -0.2) is 13.2 Å². The summed E-state index contributed by atoms with van der Waals surface area (Å²) in [7, 11) is -2.23. The van der Waals surface area contributed by atoms with E-state index < -0.39 is 37.2 Å². The van der Waals surface area contributed by atoms with E-state index in [1.54, 1.807) is 31.3 Å². The van der Waals surface area contributed by atoms with Crippen LogP contribution in [0.4, 0.5) is 4.79 Å². The van der Waals surface area contributed by atoms with Gasteiger partial charge in [0.25, 0.3) is 11.8 Å². The molecule has 38 heavy (non-hydrogen) atoms. The Morgan fingerprint density at radius 1 is 1.21 bits per heavy atom. The average Bonchev–Trinajstić information content (AvgIpc) is 3.59. The van der Waals surface area contributed by atoms with Gasteiger partial charge in [-0.1, -0.05) is 12.1 Å². The monoisotopic (exact) mass is 542 g/mol. The first-order valence-electron chi connectivity index (χ1n) is 12.2. The fourth-order valence-electron chi connectivity index (χ4n) is 4.84. The zero-order chi connectivity index (χ0) is 27.9. The number of carbonyl (C=O) groups excluding carboxylic acids is 2. The summed E-state index contributed by atoms with van der Waals surface area (Å²) in [5, 5.41) is 27.1. The maximum atomic E-state index is 13.5. The number of hydrogen-bond acceptors (Lipinski definition) is 7. The number of rotatable bonds is 9. The molecule has 4 rings (SSSR count). The van der Waals surface area contributed by atoms with Gasteiger partial charge in [-0.3, -0.25) is 14.3 Å². The van der Waals surface area contributed by atoms with Gasteiger partial charge in [0, 0.05) is 38.8 Å². The van der Waals surface area contributed by atoms with Crippen LogP contribution in [0.5, 0.6) is 0 Å². The number of sulfone groups is 1. The van der Waals surface area contributed by atoms with E-state index in [0.29, 0.717) is 30.4 Å². The number of aromatic nitrogens is 2. The Bertz CT molecular complexity index is 1430. The first-order valence-corrected chi connectivity index (χ1v) is 13.6. The Balaban J connectivity index is 1.48. The highest BCUT2D eigenvalue weighted by molar-refractivity contribution is 7.94. The van der Waals surface area contributed by atoms with Gasteiger partial charge >= 0.3 is 6.09 Å². The van der Waals surface area contributed by atoms with Crippen molar-refractivity contribution in [3.63, 3.8) is 0 Å². The molecule has 3 N–H and O–H groups in total. The minimum atomic E-state index is -3.80. The fourth-order valence-corrected chi connectivity index (χ4v) is 7.24. The van der Waals surface area contributed by atoms with Crippen molar-refractivity contribution in [2.75, 3.05) is 19.6 Å². The van der Waals surface area contributed by atoms with Gasteiger partial charge in [0.15, 0.2) is 15.5 Å². The van der Waals surface area contributed by atoms with Crippen LogP contribution in [-0.2, 0) is 29.9 Å². The number of aryl methyl sites for hydroxylation is 1. The van der Waals surface area contributed by atoms with Crippen LogP contribution in [0.1, 0.15) is 64.4 Å². The zero-order valence-corrected chi connectivity index (χ0v) is 22.3. The van der Waals surface area contributed by atoms with E-state index in [2.05, 4.69) is 15.7 Å². The normalized spacial score (nSPS) is 16.4. The number of hydrogen-bond donors (Lipinski definition) is 3. The Hall–Kier alpha value is -3.92. The van der Waals surface area contributed by atoms with Crippen molar-refractivity contribution in [1.82, 2.24) is 25.3 Å². The summed E-state index contributed by atoms with van der Waals surface area (Å²) in [4.78, 5) is 38.8. The molecule has 2 aromatic rings. The van der Waals surface area contributed by atoms with E-state index >= 15 is 0 Å². The Labute approximate surface area is 220 Å². The third-order valence-electron chi connectivity index (χ3n) is 7.27. The minimum absolute atomic E-state index is 0.00445. The number of carbonyl (C=O) groups is 3. The lowest BCUT2D eigenvalue weighted by Crippen LogP contribution is -2.53. The van der Waals surface area contributed by atoms with Crippen molar-refractivity contribution in [2.45, 2.75) is 49.1 Å². The third-order valence-corrected chi connectivity index (χ3v) is 10.5. The second-order valence-corrected chi connectivity index (χ2v) is 13.4. The molecular formula is C25H30N6O6S. The minimum Gasteiger partial charge on any atom is -0.465 e. The standard InChI is InChI=1S/C25H30N6O6S/c1-24(2,14-28-23(34)35)38(36,37)25(9-10-25)15-31-11-8-18-19(29-30(3)20(18)22(31)33)21(32)27-13-17-6-4-16(12-26)5-7-17/h4-7,28H,8-11,13-15H2,1-3H3,(H,27,32)(H,34,35). The molecule has 0 bridgehead atoms. The molecule has 0 radical (unpaired) electrons. The summed E-state index contributed by atoms with van der Waals surface area (Å²) in [6, 6.07) is 8.85. The van der Waals surface area contributed by atoms with Crippen molar-refractivity contribution in [2.24, 2.45) is 7.05 Å². The highest BCUT2D eigenvalue weighted by atomic mass is 32.2. The van der Waals surface area contributed by atoms with Crippen molar-refractivity contribution in [3.05, 3.63) is 52.3 Å². The predicted octanol–water partition coefficient (Wildman–Crippen LogP) is 1.21. The van der Waals surface area contributed by atoms with Gasteiger partial charge in [-0.2, -0.15) is 10.4 Å². The maximum Gasteiger partial charge on any atom is 0.404 e. The second kappa shape index (κ2) is 9.75. The van der Waals surface area contributed by atoms with Crippen molar-refractivity contribution < 1.29 is 27.9 Å². The molecule has 1 aliphatic heterocycles. The van der Waals surface area contributed by atoms with Crippen LogP contribution in [0.15, 0.2) is 24.3 Å². The fraction of sp³-hybridized carbons (Fsp3) is 0.480. The van der Waals surface area contributed by atoms with E-state index in [0.717, 1.165) is 5.56 Å². The van der Waals surface area contributed by atoms with Crippen LogP contribution in [0, 0.1) is 11.3 Å². The Morgan fingerprint density at radius 2 is 1.87 bits per heavy atom. The van der Waals surface area contributed by atoms with Crippen LogP contribution >= 0.6 is 0 Å². The van der Waals surface area contributed by atoms with Crippen molar-refractivity contribution in [1.29, 1.82) is 5.26 Å². The highest BCUT2D eigenvalue weighted by Gasteiger charge is 2.61. The molecule has 2 aliphatic rings. The van der Waals surface area contributed by atoms with Gasteiger partial charge < -0.3 is 20.6 Å². The van der Waals surface area contributed by atoms with Crippen LogP contribution in [0.2, 0.25) is 0 Å². The van der Waals surface area contributed by atoms with Gasteiger partial charge in [0.1, 0.15) is 5.69 Å². The summed E-state index contributed by atoms with van der Waals surface area (Å²) < 4.78 is 25.9. The van der Waals surface area contributed by atoms with Crippen LogP contribution in [0.3, 0.4) is 0 Å². The quantitative estimate of drug-likeness (QED) is 0.424. The third kappa shape index (κ3) is 4.83. The van der Waals surface area contributed by atoms with Gasteiger partial charge in [-0.05, 0) is 50.8 Å². The van der Waals surface area contributed by atoms with Crippen LogP contribution in [0.25, 0.3) is 0 Å². The molecule has 1 saturated carbocycles. The van der Waals surface area contributed by atoms with E-state index in [9.17, 15) is 22.8 Å². The van der Waals surface area contributed by atoms with Crippen molar-refractivity contribution >= 4 is 27.7 Å². The number of benzene rings is 1. The molecule has 3 amide bonds. The van der Waals surface area contributed by atoms with Gasteiger partial charge in [0.2, 0.25) is 0 Å². The largest absolute Gasteiger partial charge is 0.465 e. The van der Waals surface area contributed by atoms with Crippen molar-refractivity contribution in [3.8, 4) is 6.07 Å². The lowest BCUT2D eigenvalue weighted by molar-refractivity contribution is 0.0724. The number of fused-ring (bicyclic) bond motifs is 1. The molecule has 202 valence electrons. The van der Waals surface area contributed by atoms with E-state index in [1.165, 1.54) is 23.4 Å². The molecule has 0 atom stereocenters. The average molecular weight is 543 g/mol. The number of nitriles is 1. The van der Waals surface area contributed by atoms with Gasteiger partial charge in [-0.15, -0.1) is 0 Å². The molecule has 12 nitrogen and oxygen atoms in total. The number of nitrogens with zero attached hydrogens (tertiary/aromatic N) is 4. The predicted molar refractivity (Wildman–Crippen MR) is 136 cm³/mol. The number of nitrogens with one attached hydrogen (secondary N) is 2. The summed E-state index contributed by atoms with van der Waals surface area (Å²) in [6.45, 7) is 3.17. The molecule has 0 unspecified atom stereocenters. The topological polar surface area (TPSA) is 174 Å². The maximum absolute atomic E-state index is 13.5. The first-order chi connectivity index (χ1) is 17.8. The number of carboxylic acid groups (broad SMARTS) is 1. The second-order valence-electron chi connectivity index (χ2n) is 10.4. The summed E-state index contributed by atoms with van der Waals surface area (Å²) in [5.74, 6) is -0.822. The molecule has 0 saturated heterocycles. The highest BCUT2D eigenvalue weighted by Crippen LogP contribution is 2.49. The molecular weight excluding hydrogens is 512 g/mol. The van der Waals surface area contributed by atoms with E-state index in [4.69, 9.17) is 10.4 Å². The molecule has 2 heterocycles.